The molecule has 1 saturated heterocycles. The van der Waals surface area contributed by atoms with E-state index < -0.39 is 21.8 Å². The summed E-state index contributed by atoms with van der Waals surface area (Å²) in [4.78, 5) is 14.0. The molecular formula is C20H16ClF3N2O4S. The van der Waals surface area contributed by atoms with Crippen LogP contribution in [0.2, 0.25) is 5.02 Å². The van der Waals surface area contributed by atoms with Gasteiger partial charge >= 0.3 is 6.18 Å². The van der Waals surface area contributed by atoms with Crippen molar-refractivity contribution in [1.29, 1.82) is 0 Å². The average molecular weight is 473 g/mol. The molecule has 0 unspecified atom stereocenters. The molecule has 164 valence electrons. The van der Waals surface area contributed by atoms with Crippen molar-refractivity contribution in [3.05, 3.63) is 64.9 Å². The van der Waals surface area contributed by atoms with Crippen molar-refractivity contribution in [2.45, 2.75) is 11.1 Å². The van der Waals surface area contributed by atoms with E-state index in [2.05, 4.69) is 0 Å². The Morgan fingerprint density at radius 2 is 1.61 bits per heavy atom. The van der Waals surface area contributed by atoms with Gasteiger partial charge < -0.3 is 9.32 Å². The quantitative estimate of drug-likeness (QED) is 0.571. The van der Waals surface area contributed by atoms with E-state index in [4.69, 9.17) is 16.0 Å². The Balaban J connectivity index is 1.45. The number of hydrogen-bond acceptors (Lipinski definition) is 4. The van der Waals surface area contributed by atoms with Crippen LogP contribution in [-0.2, 0) is 16.2 Å². The van der Waals surface area contributed by atoms with Gasteiger partial charge in [0, 0.05) is 36.6 Å². The second-order valence-corrected chi connectivity index (χ2v) is 9.39. The number of benzene rings is 2. The summed E-state index contributed by atoms with van der Waals surface area (Å²) in [6, 6.07) is 9.90. The maximum Gasteiger partial charge on any atom is 0.416 e. The highest BCUT2D eigenvalue weighted by Crippen LogP contribution is 2.30. The minimum Gasteiger partial charge on any atom is -0.451 e. The maximum atomic E-state index is 12.8. The predicted molar refractivity (Wildman–Crippen MR) is 107 cm³/mol. The summed E-state index contributed by atoms with van der Waals surface area (Å²) in [5.74, 6) is -0.254. The van der Waals surface area contributed by atoms with Crippen molar-refractivity contribution in [2.75, 3.05) is 26.2 Å². The first kappa shape index (κ1) is 21.7. The Hall–Kier alpha value is -2.56. The van der Waals surface area contributed by atoms with Crippen LogP contribution >= 0.6 is 11.6 Å². The molecule has 1 aromatic heterocycles. The summed E-state index contributed by atoms with van der Waals surface area (Å²) >= 11 is 5.94. The summed E-state index contributed by atoms with van der Waals surface area (Å²) in [5, 5.41) is 1.19. The third-order valence-corrected chi connectivity index (χ3v) is 7.18. The number of piperazine rings is 1. The lowest BCUT2D eigenvalue weighted by Gasteiger charge is -2.33. The van der Waals surface area contributed by atoms with E-state index in [1.165, 1.54) is 4.90 Å². The van der Waals surface area contributed by atoms with Gasteiger partial charge in [0.1, 0.15) is 5.58 Å². The van der Waals surface area contributed by atoms with E-state index in [-0.39, 0.29) is 42.7 Å². The number of halogens is 4. The van der Waals surface area contributed by atoms with Gasteiger partial charge in [0.2, 0.25) is 10.0 Å². The van der Waals surface area contributed by atoms with Crippen molar-refractivity contribution < 1.29 is 30.8 Å². The molecule has 31 heavy (non-hydrogen) atoms. The Kier molecular flexibility index (Phi) is 5.48. The summed E-state index contributed by atoms with van der Waals surface area (Å²) in [6.45, 7) is 0.273. The highest BCUT2D eigenvalue weighted by atomic mass is 35.5. The van der Waals surface area contributed by atoms with E-state index in [0.29, 0.717) is 16.0 Å². The lowest BCUT2D eigenvalue weighted by atomic mass is 10.2. The van der Waals surface area contributed by atoms with Crippen LogP contribution in [-0.4, -0.2) is 49.7 Å². The van der Waals surface area contributed by atoms with E-state index in [9.17, 15) is 26.4 Å². The summed E-state index contributed by atoms with van der Waals surface area (Å²) in [6.07, 6.45) is -4.55. The summed E-state index contributed by atoms with van der Waals surface area (Å²) in [5.41, 5.74) is -0.412. The average Bonchev–Trinajstić information content (AvgIpc) is 3.16. The van der Waals surface area contributed by atoms with Gasteiger partial charge in [-0.1, -0.05) is 11.6 Å². The van der Waals surface area contributed by atoms with Crippen LogP contribution in [0.5, 0.6) is 0 Å². The first-order valence-electron chi connectivity index (χ1n) is 9.21. The number of amides is 1. The van der Waals surface area contributed by atoms with Crippen LogP contribution in [0.4, 0.5) is 13.2 Å². The number of sulfonamides is 1. The molecule has 0 spiro atoms. The van der Waals surface area contributed by atoms with Crippen molar-refractivity contribution in [2.24, 2.45) is 0 Å². The molecule has 11 heteroatoms. The second-order valence-electron chi connectivity index (χ2n) is 7.01. The van der Waals surface area contributed by atoms with E-state index in [0.717, 1.165) is 28.6 Å². The molecular weight excluding hydrogens is 457 g/mol. The Labute approximate surface area is 180 Å². The number of nitrogens with zero attached hydrogens (tertiary/aromatic N) is 2. The maximum absolute atomic E-state index is 12.8. The molecule has 4 rings (SSSR count). The number of alkyl halides is 3. The zero-order chi connectivity index (χ0) is 22.4. The molecule has 1 aliphatic heterocycles. The molecule has 0 bridgehead atoms. The van der Waals surface area contributed by atoms with Gasteiger partial charge in [0.15, 0.2) is 5.76 Å². The molecule has 1 amide bonds. The molecule has 0 saturated carbocycles. The van der Waals surface area contributed by atoms with Crippen molar-refractivity contribution in [3.8, 4) is 0 Å². The van der Waals surface area contributed by atoms with Crippen LogP contribution in [0.15, 0.2) is 57.8 Å². The van der Waals surface area contributed by atoms with E-state index >= 15 is 0 Å². The smallest absolute Gasteiger partial charge is 0.416 e. The monoisotopic (exact) mass is 472 g/mol. The fourth-order valence-corrected chi connectivity index (χ4v) is 4.97. The number of hydrogen-bond donors (Lipinski definition) is 0. The minimum atomic E-state index is -4.55. The fourth-order valence-electron chi connectivity index (χ4n) is 3.37. The normalized spacial score (nSPS) is 16.1. The molecule has 0 N–H and O–H groups in total. The Morgan fingerprint density at radius 3 is 2.23 bits per heavy atom. The zero-order valence-corrected chi connectivity index (χ0v) is 17.5. The predicted octanol–water partition coefficient (Wildman–Crippen LogP) is 4.25. The van der Waals surface area contributed by atoms with Crippen LogP contribution in [0.1, 0.15) is 16.1 Å². The largest absolute Gasteiger partial charge is 0.451 e. The summed E-state index contributed by atoms with van der Waals surface area (Å²) < 4.78 is 70.3. The van der Waals surface area contributed by atoms with Crippen molar-refractivity contribution >= 4 is 38.5 Å². The number of furan rings is 1. The molecule has 2 aromatic carbocycles. The molecule has 2 heterocycles. The van der Waals surface area contributed by atoms with Gasteiger partial charge in [-0.3, -0.25) is 4.79 Å². The summed E-state index contributed by atoms with van der Waals surface area (Å²) in [7, 11) is -3.97. The Bertz CT molecular complexity index is 1230. The standard InChI is InChI=1S/C20H16ClF3N2O4S/c21-15-3-6-17-13(11-15)12-18(30-17)19(27)25-7-9-26(10-8-25)31(28,29)16-4-1-14(2-5-16)20(22,23)24/h1-6,11-12H,7-10H2. The molecule has 3 aromatic rings. The topological polar surface area (TPSA) is 70.8 Å². The number of fused-ring (bicyclic) bond motifs is 1. The van der Waals surface area contributed by atoms with Gasteiger partial charge in [0.25, 0.3) is 5.91 Å². The highest BCUT2D eigenvalue weighted by molar-refractivity contribution is 7.89. The molecule has 0 aliphatic carbocycles. The van der Waals surface area contributed by atoms with Crippen LogP contribution < -0.4 is 0 Å². The third-order valence-electron chi connectivity index (χ3n) is 5.03. The molecule has 6 nitrogen and oxygen atoms in total. The van der Waals surface area contributed by atoms with Crippen LogP contribution in [0, 0.1) is 0 Å². The number of rotatable bonds is 3. The van der Waals surface area contributed by atoms with Crippen LogP contribution in [0.25, 0.3) is 11.0 Å². The molecule has 0 atom stereocenters. The van der Waals surface area contributed by atoms with Crippen LogP contribution in [0.3, 0.4) is 0 Å². The molecule has 1 aliphatic rings. The van der Waals surface area contributed by atoms with Gasteiger partial charge in [-0.2, -0.15) is 17.5 Å². The van der Waals surface area contributed by atoms with E-state index in [1.54, 1.807) is 24.3 Å². The first-order valence-corrected chi connectivity index (χ1v) is 11.0. The zero-order valence-electron chi connectivity index (χ0n) is 15.9. The van der Waals surface area contributed by atoms with Gasteiger partial charge in [0.05, 0.1) is 10.5 Å². The van der Waals surface area contributed by atoms with Gasteiger partial charge in [-0.25, -0.2) is 8.42 Å². The third kappa shape index (κ3) is 4.28. The van der Waals surface area contributed by atoms with Crippen molar-refractivity contribution in [1.82, 2.24) is 9.21 Å². The molecule has 0 radical (unpaired) electrons. The Morgan fingerprint density at radius 1 is 0.968 bits per heavy atom. The minimum absolute atomic E-state index is 0.0150. The lowest BCUT2D eigenvalue weighted by Crippen LogP contribution is -2.50. The first-order chi connectivity index (χ1) is 14.6. The number of carbonyl (C=O) groups is 1. The van der Waals surface area contributed by atoms with Gasteiger partial charge in [-0.05, 0) is 48.5 Å². The highest BCUT2D eigenvalue weighted by Gasteiger charge is 2.33. The lowest BCUT2D eigenvalue weighted by molar-refractivity contribution is -0.137. The number of carbonyl (C=O) groups excluding carboxylic acids is 1. The SMILES string of the molecule is O=C(c1cc2cc(Cl)ccc2o1)N1CCN(S(=O)(=O)c2ccc(C(F)(F)F)cc2)CC1. The van der Waals surface area contributed by atoms with Crippen molar-refractivity contribution in [3.63, 3.8) is 0 Å². The molecule has 1 fully saturated rings. The van der Waals surface area contributed by atoms with Gasteiger partial charge in [-0.15, -0.1) is 0 Å². The second kappa shape index (κ2) is 7.85. The fraction of sp³-hybridized carbons (Fsp3) is 0.250. The van der Waals surface area contributed by atoms with E-state index in [1.807, 2.05) is 0 Å².